The predicted molar refractivity (Wildman–Crippen MR) is 93.0 cm³/mol. The number of hydrogen-bond acceptors (Lipinski definition) is 5. The Labute approximate surface area is 150 Å². The van der Waals surface area contributed by atoms with Crippen molar-refractivity contribution in [2.75, 3.05) is 26.9 Å². The van der Waals surface area contributed by atoms with E-state index < -0.39 is 11.4 Å². The Hall–Kier alpha value is -2.87. The maximum atomic E-state index is 12.4. The molecule has 3 N–H and O–H groups in total. The predicted octanol–water partition coefficient (Wildman–Crippen LogP) is 1.70. The van der Waals surface area contributed by atoms with Gasteiger partial charge in [0.25, 0.3) is 5.91 Å². The molecule has 2 aromatic rings. The number of nitrogens with zero attached hydrogens (tertiary/aromatic N) is 1. The van der Waals surface area contributed by atoms with Crippen LogP contribution in [0.4, 0.5) is 0 Å². The van der Waals surface area contributed by atoms with E-state index in [9.17, 15) is 14.7 Å². The van der Waals surface area contributed by atoms with Crippen molar-refractivity contribution in [1.82, 2.24) is 15.5 Å². The second kappa shape index (κ2) is 7.57. The molecule has 0 bridgehead atoms. The van der Waals surface area contributed by atoms with Crippen molar-refractivity contribution in [3.8, 4) is 17.0 Å². The fourth-order valence-electron chi connectivity index (χ4n) is 2.92. The summed E-state index contributed by atoms with van der Waals surface area (Å²) in [7, 11) is 1.59. The number of carboxylic acid groups (broad SMARTS) is 1. The number of amides is 1. The van der Waals surface area contributed by atoms with Crippen LogP contribution in [0.3, 0.4) is 0 Å². The standard InChI is InChI=1S/C18H21N3O5/c1-25-13-4-2-12(3-5-13)14-10-15(21-20-14)16(22)19-11-18(17(23)24)6-8-26-9-7-18/h2-5,10H,6-9,11H2,1H3,(H,19,22)(H,20,21)(H,23,24). The van der Waals surface area contributed by atoms with E-state index in [1.54, 1.807) is 13.2 Å². The molecule has 0 atom stereocenters. The first kappa shape index (κ1) is 17.9. The third-order valence-corrected chi connectivity index (χ3v) is 4.70. The molecule has 2 heterocycles. The number of aliphatic carboxylic acids is 1. The summed E-state index contributed by atoms with van der Waals surface area (Å²) >= 11 is 0. The zero-order valence-corrected chi connectivity index (χ0v) is 14.4. The molecule has 1 aromatic carbocycles. The number of aromatic amines is 1. The van der Waals surface area contributed by atoms with E-state index in [2.05, 4.69) is 15.5 Å². The highest BCUT2D eigenvalue weighted by molar-refractivity contribution is 5.93. The van der Waals surface area contributed by atoms with Gasteiger partial charge in [0.15, 0.2) is 0 Å². The molecule has 1 fully saturated rings. The summed E-state index contributed by atoms with van der Waals surface area (Å²) in [6.45, 7) is 0.823. The summed E-state index contributed by atoms with van der Waals surface area (Å²) in [6, 6.07) is 8.95. The number of H-pyrrole nitrogens is 1. The normalized spacial score (nSPS) is 16.0. The second-order valence-corrected chi connectivity index (χ2v) is 6.28. The molecular weight excluding hydrogens is 338 g/mol. The van der Waals surface area contributed by atoms with Crippen LogP contribution in [0.1, 0.15) is 23.3 Å². The number of nitrogens with one attached hydrogen (secondary N) is 2. The molecule has 1 aromatic heterocycles. The summed E-state index contributed by atoms with van der Waals surface area (Å²) in [5.41, 5.74) is 0.764. The molecule has 8 nitrogen and oxygen atoms in total. The van der Waals surface area contributed by atoms with Gasteiger partial charge in [-0.15, -0.1) is 0 Å². The molecule has 138 valence electrons. The first-order valence-corrected chi connectivity index (χ1v) is 8.33. The average Bonchev–Trinajstić information content (AvgIpc) is 3.17. The number of hydrogen-bond donors (Lipinski definition) is 3. The number of rotatable bonds is 6. The zero-order chi connectivity index (χ0) is 18.6. The third kappa shape index (κ3) is 3.70. The molecule has 0 radical (unpaired) electrons. The van der Waals surface area contributed by atoms with Crippen LogP contribution < -0.4 is 10.1 Å². The number of carboxylic acids is 1. The van der Waals surface area contributed by atoms with Gasteiger partial charge >= 0.3 is 5.97 Å². The summed E-state index contributed by atoms with van der Waals surface area (Å²) in [6.07, 6.45) is 0.755. The minimum absolute atomic E-state index is 0.0570. The van der Waals surface area contributed by atoms with Gasteiger partial charge in [0.2, 0.25) is 0 Å². The Kier molecular flexibility index (Phi) is 5.22. The minimum Gasteiger partial charge on any atom is -0.497 e. The lowest BCUT2D eigenvalue weighted by atomic mass is 9.80. The summed E-state index contributed by atoms with van der Waals surface area (Å²) in [4.78, 5) is 24.0. The Morgan fingerprint density at radius 1 is 1.31 bits per heavy atom. The van der Waals surface area contributed by atoms with Crippen molar-refractivity contribution >= 4 is 11.9 Å². The molecule has 0 spiro atoms. The topological polar surface area (TPSA) is 114 Å². The summed E-state index contributed by atoms with van der Waals surface area (Å²) < 4.78 is 10.4. The lowest BCUT2D eigenvalue weighted by molar-refractivity contribution is -0.154. The van der Waals surface area contributed by atoms with Gasteiger partial charge in [-0.3, -0.25) is 14.7 Å². The first-order chi connectivity index (χ1) is 12.5. The van der Waals surface area contributed by atoms with Gasteiger partial charge in [-0.1, -0.05) is 0 Å². The highest BCUT2D eigenvalue weighted by atomic mass is 16.5. The summed E-state index contributed by atoms with van der Waals surface area (Å²) in [5.74, 6) is -0.563. The maximum absolute atomic E-state index is 12.4. The molecule has 1 amide bonds. The third-order valence-electron chi connectivity index (χ3n) is 4.70. The number of carbonyl (C=O) groups is 2. The van der Waals surface area contributed by atoms with E-state index in [4.69, 9.17) is 9.47 Å². The molecule has 3 rings (SSSR count). The van der Waals surface area contributed by atoms with Gasteiger partial charge in [-0.05, 0) is 43.2 Å². The smallest absolute Gasteiger partial charge is 0.311 e. The van der Waals surface area contributed by atoms with Crippen LogP contribution >= 0.6 is 0 Å². The van der Waals surface area contributed by atoms with Gasteiger partial charge in [-0.2, -0.15) is 5.10 Å². The fourth-order valence-corrected chi connectivity index (χ4v) is 2.92. The fraction of sp³-hybridized carbons (Fsp3) is 0.389. The second-order valence-electron chi connectivity index (χ2n) is 6.28. The van der Waals surface area contributed by atoms with Crippen LogP contribution in [0.15, 0.2) is 30.3 Å². The van der Waals surface area contributed by atoms with Crippen LogP contribution in [-0.4, -0.2) is 54.0 Å². The van der Waals surface area contributed by atoms with E-state index in [0.717, 1.165) is 11.3 Å². The van der Waals surface area contributed by atoms with Gasteiger partial charge in [-0.25, -0.2) is 0 Å². The van der Waals surface area contributed by atoms with E-state index in [0.29, 0.717) is 31.7 Å². The molecule has 1 saturated heterocycles. The van der Waals surface area contributed by atoms with Crippen molar-refractivity contribution in [1.29, 1.82) is 0 Å². The molecule has 1 aliphatic rings. The Bertz CT molecular complexity index is 778. The van der Waals surface area contributed by atoms with Crippen molar-refractivity contribution in [2.45, 2.75) is 12.8 Å². The van der Waals surface area contributed by atoms with E-state index in [-0.39, 0.29) is 18.1 Å². The number of benzene rings is 1. The van der Waals surface area contributed by atoms with E-state index in [1.807, 2.05) is 24.3 Å². The number of carbonyl (C=O) groups excluding carboxylic acids is 1. The Balaban J connectivity index is 1.66. The van der Waals surface area contributed by atoms with Crippen LogP contribution in [0.2, 0.25) is 0 Å². The maximum Gasteiger partial charge on any atom is 0.311 e. The van der Waals surface area contributed by atoms with Gasteiger partial charge < -0.3 is 19.9 Å². The van der Waals surface area contributed by atoms with Crippen LogP contribution in [0.5, 0.6) is 5.75 Å². The number of aromatic nitrogens is 2. The minimum atomic E-state index is -0.979. The quantitative estimate of drug-likeness (QED) is 0.723. The van der Waals surface area contributed by atoms with Crippen LogP contribution in [0.25, 0.3) is 11.3 Å². The van der Waals surface area contributed by atoms with E-state index in [1.165, 1.54) is 0 Å². The van der Waals surface area contributed by atoms with Gasteiger partial charge in [0, 0.05) is 25.3 Å². The van der Waals surface area contributed by atoms with Crippen molar-refractivity contribution < 1.29 is 24.2 Å². The Morgan fingerprint density at radius 3 is 2.62 bits per heavy atom. The molecule has 0 saturated carbocycles. The molecule has 8 heteroatoms. The highest BCUT2D eigenvalue weighted by Crippen LogP contribution is 2.30. The monoisotopic (exact) mass is 359 g/mol. The van der Waals surface area contributed by atoms with Crippen LogP contribution in [-0.2, 0) is 9.53 Å². The average molecular weight is 359 g/mol. The molecule has 1 aliphatic heterocycles. The zero-order valence-electron chi connectivity index (χ0n) is 14.4. The largest absolute Gasteiger partial charge is 0.497 e. The van der Waals surface area contributed by atoms with E-state index >= 15 is 0 Å². The first-order valence-electron chi connectivity index (χ1n) is 8.33. The SMILES string of the molecule is COc1ccc(-c2cc(C(=O)NCC3(C(=O)O)CCOCC3)[nH]n2)cc1. The number of methoxy groups -OCH3 is 1. The van der Waals surface area contributed by atoms with Gasteiger partial charge in [0.1, 0.15) is 11.4 Å². The van der Waals surface area contributed by atoms with Gasteiger partial charge in [0.05, 0.1) is 18.2 Å². The van der Waals surface area contributed by atoms with Crippen molar-refractivity contribution in [2.24, 2.45) is 5.41 Å². The summed E-state index contributed by atoms with van der Waals surface area (Å²) in [5, 5.41) is 19.1. The van der Waals surface area contributed by atoms with Crippen molar-refractivity contribution in [3.05, 3.63) is 36.0 Å². The highest BCUT2D eigenvalue weighted by Gasteiger charge is 2.40. The molecular formula is C18H21N3O5. The molecule has 0 aliphatic carbocycles. The molecule has 26 heavy (non-hydrogen) atoms. The lowest BCUT2D eigenvalue weighted by Gasteiger charge is -2.33. The van der Waals surface area contributed by atoms with Crippen LogP contribution in [0, 0.1) is 5.41 Å². The number of ether oxygens (including phenoxy) is 2. The van der Waals surface area contributed by atoms with Crippen molar-refractivity contribution in [3.63, 3.8) is 0 Å². The lowest BCUT2D eigenvalue weighted by Crippen LogP contribution is -2.46. The molecule has 0 unspecified atom stereocenters. The Morgan fingerprint density at radius 2 is 2.00 bits per heavy atom.